The molecule has 0 aliphatic rings. The highest BCUT2D eigenvalue weighted by Gasteiger charge is 2.14. The van der Waals surface area contributed by atoms with Gasteiger partial charge in [-0.3, -0.25) is 4.72 Å². The van der Waals surface area contributed by atoms with E-state index in [1.165, 1.54) is 0 Å². The lowest BCUT2D eigenvalue weighted by molar-refractivity contribution is 0.601. The quantitative estimate of drug-likeness (QED) is 0.800. The Labute approximate surface area is 135 Å². The van der Waals surface area contributed by atoms with E-state index in [0.717, 1.165) is 22.5 Å². The van der Waals surface area contributed by atoms with Crippen LogP contribution in [0.4, 0.5) is 5.69 Å². The van der Waals surface area contributed by atoms with Crippen LogP contribution in [0.5, 0.6) is 0 Å². The van der Waals surface area contributed by atoms with Crippen molar-refractivity contribution in [3.8, 4) is 0 Å². The lowest BCUT2D eigenvalue weighted by Crippen LogP contribution is -2.13. The van der Waals surface area contributed by atoms with Gasteiger partial charge in [-0.15, -0.1) is 0 Å². The fraction of sp³-hybridized carbons (Fsp3) is 0.176. The zero-order valence-electron chi connectivity index (χ0n) is 13.2. The van der Waals surface area contributed by atoms with E-state index in [9.17, 15) is 8.42 Å². The number of fused-ring (bicyclic) bond motifs is 1. The second-order valence-corrected chi connectivity index (χ2v) is 7.20. The van der Waals surface area contributed by atoms with Crippen molar-refractivity contribution in [2.75, 3.05) is 4.72 Å². The number of hydrogen-bond acceptors (Lipinski definition) is 4. The van der Waals surface area contributed by atoms with E-state index in [1.807, 2.05) is 20.8 Å². The first kappa shape index (κ1) is 15.4. The molecule has 0 amide bonds. The number of hydrogen-bond donors (Lipinski definition) is 1. The first-order chi connectivity index (χ1) is 10.8. The van der Waals surface area contributed by atoms with Gasteiger partial charge in [0.15, 0.2) is 0 Å². The monoisotopic (exact) mass is 327 g/mol. The molecular weight excluding hydrogens is 310 g/mol. The molecule has 0 fully saturated rings. The van der Waals surface area contributed by atoms with Crippen molar-refractivity contribution in [3.05, 3.63) is 59.4 Å². The average molecular weight is 327 g/mol. The first-order valence-electron chi connectivity index (χ1n) is 7.20. The lowest BCUT2D eigenvalue weighted by Gasteiger charge is -2.09. The summed E-state index contributed by atoms with van der Waals surface area (Å²) in [6.45, 7) is 5.69. The van der Waals surface area contributed by atoms with Crippen molar-refractivity contribution in [2.24, 2.45) is 0 Å². The molecule has 2 aromatic carbocycles. The van der Waals surface area contributed by atoms with Crippen molar-refractivity contribution >= 4 is 26.7 Å². The lowest BCUT2D eigenvalue weighted by atomic mass is 10.2. The Balaban J connectivity index is 1.97. The predicted octanol–water partition coefficient (Wildman–Crippen LogP) is 3.36. The standard InChI is InChI=1S/C17H17N3O2S/c1-11-4-7-15(8-5-11)23(21,22)20-14-6-9-16-17(10-14)19-13(3)12(2)18-16/h4-10,20H,1-3H3. The van der Waals surface area contributed by atoms with E-state index in [-0.39, 0.29) is 4.90 Å². The van der Waals surface area contributed by atoms with Crippen LogP contribution in [0.3, 0.4) is 0 Å². The summed E-state index contributed by atoms with van der Waals surface area (Å²) in [7, 11) is -3.62. The molecule has 118 valence electrons. The largest absolute Gasteiger partial charge is 0.280 e. The maximum atomic E-state index is 12.4. The molecule has 1 aromatic heterocycles. The van der Waals surface area contributed by atoms with Crippen molar-refractivity contribution < 1.29 is 8.42 Å². The molecule has 5 nitrogen and oxygen atoms in total. The molecule has 0 aliphatic heterocycles. The fourth-order valence-electron chi connectivity index (χ4n) is 2.23. The minimum absolute atomic E-state index is 0.231. The molecule has 1 heterocycles. The summed E-state index contributed by atoms with van der Waals surface area (Å²) in [5.74, 6) is 0. The highest BCUT2D eigenvalue weighted by Crippen LogP contribution is 2.21. The maximum absolute atomic E-state index is 12.4. The van der Waals surface area contributed by atoms with Gasteiger partial charge in [0.2, 0.25) is 0 Å². The highest BCUT2D eigenvalue weighted by atomic mass is 32.2. The van der Waals surface area contributed by atoms with E-state index >= 15 is 0 Å². The number of aromatic nitrogens is 2. The van der Waals surface area contributed by atoms with Crippen LogP contribution in [-0.2, 0) is 10.0 Å². The van der Waals surface area contributed by atoms with E-state index in [2.05, 4.69) is 14.7 Å². The molecule has 3 aromatic rings. The minimum atomic E-state index is -3.62. The number of sulfonamides is 1. The van der Waals surface area contributed by atoms with Crippen LogP contribution in [0, 0.1) is 20.8 Å². The second-order valence-electron chi connectivity index (χ2n) is 5.52. The van der Waals surface area contributed by atoms with Crippen LogP contribution in [-0.4, -0.2) is 18.4 Å². The maximum Gasteiger partial charge on any atom is 0.261 e. The summed E-state index contributed by atoms with van der Waals surface area (Å²) in [6.07, 6.45) is 0. The summed E-state index contributed by atoms with van der Waals surface area (Å²) in [5, 5.41) is 0. The van der Waals surface area contributed by atoms with Gasteiger partial charge in [-0.2, -0.15) is 0 Å². The van der Waals surface area contributed by atoms with E-state index in [4.69, 9.17) is 0 Å². The second kappa shape index (κ2) is 5.62. The van der Waals surface area contributed by atoms with Gasteiger partial charge < -0.3 is 0 Å². The Kier molecular flexibility index (Phi) is 3.77. The van der Waals surface area contributed by atoms with Crippen LogP contribution in [0.2, 0.25) is 0 Å². The van der Waals surface area contributed by atoms with Crippen LogP contribution in [0.25, 0.3) is 11.0 Å². The van der Waals surface area contributed by atoms with Gasteiger partial charge in [0.1, 0.15) is 0 Å². The number of rotatable bonds is 3. The number of nitrogens with one attached hydrogen (secondary N) is 1. The topological polar surface area (TPSA) is 72.0 Å². The van der Waals surface area contributed by atoms with Crippen LogP contribution < -0.4 is 4.72 Å². The number of nitrogens with zero attached hydrogens (tertiary/aromatic N) is 2. The van der Waals surface area contributed by atoms with Gasteiger partial charge >= 0.3 is 0 Å². The molecule has 0 bridgehead atoms. The first-order valence-corrected chi connectivity index (χ1v) is 8.68. The Bertz CT molecular complexity index is 981. The zero-order valence-corrected chi connectivity index (χ0v) is 14.0. The van der Waals surface area contributed by atoms with Crippen molar-refractivity contribution in [3.63, 3.8) is 0 Å². The van der Waals surface area contributed by atoms with E-state index < -0.39 is 10.0 Å². The zero-order chi connectivity index (χ0) is 16.6. The van der Waals surface area contributed by atoms with Crippen molar-refractivity contribution in [1.29, 1.82) is 0 Å². The summed E-state index contributed by atoms with van der Waals surface area (Å²) in [6, 6.07) is 11.9. The Hall–Kier alpha value is -2.47. The van der Waals surface area contributed by atoms with Gasteiger partial charge in [-0.05, 0) is 51.1 Å². The fourth-order valence-corrected chi connectivity index (χ4v) is 3.28. The number of benzene rings is 2. The van der Waals surface area contributed by atoms with Gasteiger partial charge in [-0.25, -0.2) is 18.4 Å². The van der Waals surface area contributed by atoms with Gasteiger partial charge in [-0.1, -0.05) is 17.7 Å². The molecule has 0 radical (unpaired) electrons. The molecule has 1 N–H and O–H groups in total. The smallest absolute Gasteiger partial charge is 0.261 e. The molecule has 23 heavy (non-hydrogen) atoms. The normalized spacial score (nSPS) is 11.6. The summed E-state index contributed by atoms with van der Waals surface area (Å²) in [4.78, 5) is 9.12. The van der Waals surface area contributed by atoms with Crippen LogP contribution in [0.1, 0.15) is 17.0 Å². The van der Waals surface area contributed by atoms with Gasteiger partial charge in [0.25, 0.3) is 10.0 Å². The van der Waals surface area contributed by atoms with Crippen LogP contribution >= 0.6 is 0 Å². The molecule has 0 saturated heterocycles. The molecule has 6 heteroatoms. The van der Waals surface area contributed by atoms with Crippen molar-refractivity contribution in [2.45, 2.75) is 25.7 Å². The predicted molar refractivity (Wildman–Crippen MR) is 91.0 cm³/mol. The molecule has 0 spiro atoms. The Morgan fingerprint density at radius 1 is 0.826 bits per heavy atom. The molecule has 3 rings (SSSR count). The molecule has 0 saturated carbocycles. The molecule has 0 atom stereocenters. The van der Waals surface area contributed by atoms with E-state index in [0.29, 0.717) is 11.2 Å². The van der Waals surface area contributed by atoms with Crippen LogP contribution in [0.15, 0.2) is 47.4 Å². The summed E-state index contributed by atoms with van der Waals surface area (Å²) in [5.41, 5.74) is 4.58. The summed E-state index contributed by atoms with van der Waals surface area (Å²) >= 11 is 0. The van der Waals surface area contributed by atoms with E-state index in [1.54, 1.807) is 42.5 Å². The third-order valence-corrected chi connectivity index (χ3v) is 5.06. The average Bonchev–Trinajstić information content (AvgIpc) is 2.49. The Morgan fingerprint density at radius 3 is 2.09 bits per heavy atom. The summed E-state index contributed by atoms with van der Waals surface area (Å²) < 4.78 is 27.4. The molecule has 0 unspecified atom stereocenters. The number of anilines is 1. The van der Waals surface area contributed by atoms with Gasteiger partial charge in [0, 0.05) is 0 Å². The molecule has 0 aliphatic carbocycles. The molecular formula is C17H17N3O2S. The SMILES string of the molecule is Cc1ccc(S(=O)(=O)Nc2ccc3nc(C)c(C)nc3c2)cc1. The number of aryl methyl sites for hydroxylation is 3. The minimum Gasteiger partial charge on any atom is -0.280 e. The van der Waals surface area contributed by atoms with Crippen molar-refractivity contribution in [1.82, 2.24) is 9.97 Å². The third-order valence-electron chi connectivity index (χ3n) is 3.66. The third kappa shape index (κ3) is 3.17. The van der Waals surface area contributed by atoms with Gasteiger partial charge in [0.05, 0.1) is 33.0 Å². The highest BCUT2D eigenvalue weighted by molar-refractivity contribution is 7.92. The Morgan fingerprint density at radius 2 is 1.43 bits per heavy atom.